The van der Waals surface area contributed by atoms with Crippen LogP contribution >= 0.6 is 11.8 Å². The van der Waals surface area contributed by atoms with E-state index in [9.17, 15) is 0 Å². The van der Waals surface area contributed by atoms with Crippen LogP contribution in [0.25, 0.3) is 68.6 Å². The number of nitrogens with one attached hydrogen (secondary N) is 2. The lowest BCUT2D eigenvalue weighted by Crippen LogP contribution is -2.04. The van der Waals surface area contributed by atoms with Crippen LogP contribution in [-0.2, 0) is 6.61 Å². The van der Waals surface area contributed by atoms with E-state index in [1.165, 1.54) is 0 Å². The quantitative estimate of drug-likeness (QED) is 0.126. The Balaban J connectivity index is 1.19. The van der Waals surface area contributed by atoms with Crippen molar-refractivity contribution in [3.05, 3.63) is 173 Å². The zero-order valence-electron chi connectivity index (χ0n) is 28.8. The summed E-state index contributed by atoms with van der Waals surface area (Å²) in [5.41, 5.74) is 6.00. The van der Waals surface area contributed by atoms with Crippen LogP contribution in [0.1, 0.15) is 28.3 Å². The highest BCUT2D eigenvalue weighted by Crippen LogP contribution is 2.41. The second-order valence-corrected chi connectivity index (χ2v) is 14.0. The molecule has 5 heterocycles. The first kappa shape index (κ1) is 34.1. The van der Waals surface area contributed by atoms with Gasteiger partial charge in [0, 0.05) is 38.1 Å². The summed E-state index contributed by atoms with van der Waals surface area (Å²) in [5.74, 6) is -5.30. The molecule has 5 nitrogen and oxygen atoms in total. The van der Waals surface area contributed by atoms with Gasteiger partial charge in [-0.25, -0.2) is 27.5 Å². The number of hydrogen-bond donors (Lipinski definition) is 2. The molecule has 2 N–H and O–H groups in total. The van der Waals surface area contributed by atoms with E-state index in [2.05, 4.69) is 15.0 Å². The van der Waals surface area contributed by atoms with Crippen LogP contribution in [0.2, 0.25) is 0 Å². The molecule has 0 radical (unpaired) electrons. The first-order valence-corrected chi connectivity index (χ1v) is 18.2. The van der Waals surface area contributed by atoms with Gasteiger partial charge >= 0.3 is 0 Å². The number of rotatable bonds is 7. The van der Waals surface area contributed by atoms with Crippen molar-refractivity contribution in [1.82, 2.24) is 19.9 Å². The fourth-order valence-corrected chi connectivity index (χ4v) is 7.51. The summed E-state index contributed by atoms with van der Waals surface area (Å²) in [6.45, 7) is 0.450. The Kier molecular flexibility index (Phi) is 8.87. The number of aromatic nitrogens is 4. The number of fused-ring (bicyclic) bond motifs is 8. The van der Waals surface area contributed by atoms with Crippen LogP contribution in [0, 0.1) is 23.3 Å². The van der Waals surface area contributed by atoms with E-state index in [0.717, 1.165) is 28.0 Å². The molecule has 2 aliphatic rings. The summed E-state index contributed by atoms with van der Waals surface area (Å²) in [6.07, 6.45) is 7.03. The number of hydrogen-bond acceptors (Lipinski definition) is 4. The van der Waals surface area contributed by atoms with Gasteiger partial charge < -0.3 is 14.7 Å². The molecule has 0 unspecified atom stereocenters. The van der Waals surface area contributed by atoms with Crippen molar-refractivity contribution >= 4 is 58.1 Å². The highest BCUT2D eigenvalue weighted by molar-refractivity contribution is 7.99. The fraction of sp³-hybridized carbons (Fsp3) is 0.0222. The van der Waals surface area contributed by atoms with Gasteiger partial charge in [-0.05, 0) is 96.1 Å². The summed E-state index contributed by atoms with van der Waals surface area (Å²) in [6, 6.07) is 36.8. The highest BCUT2D eigenvalue weighted by atomic mass is 32.2. The summed E-state index contributed by atoms with van der Waals surface area (Å²) in [4.78, 5) is 15.9. The monoisotopic (exact) mass is 748 g/mol. The molecule has 0 spiro atoms. The van der Waals surface area contributed by atoms with Crippen LogP contribution in [0.15, 0.2) is 131 Å². The van der Waals surface area contributed by atoms with Gasteiger partial charge in [0.15, 0.2) is 23.3 Å². The zero-order valence-corrected chi connectivity index (χ0v) is 29.6. The van der Waals surface area contributed by atoms with Crippen LogP contribution in [0.3, 0.4) is 0 Å². The van der Waals surface area contributed by atoms with Crippen LogP contribution in [-0.4, -0.2) is 19.9 Å². The summed E-state index contributed by atoms with van der Waals surface area (Å²) in [7, 11) is 0. The minimum absolute atomic E-state index is 0.120. The van der Waals surface area contributed by atoms with Crippen LogP contribution in [0.5, 0.6) is 5.75 Å². The summed E-state index contributed by atoms with van der Waals surface area (Å²) in [5, 5.41) is 0. The molecule has 0 atom stereocenters. The maximum atomic E-state index is 16.1. The first-order valence-electron chi connectivity index (χ1n) is 17.3. The molecule has 3 aromatic heterocycles. The molecular weight excluding hydrogens is 721 g/mol. The minimum atomic E-state index is -1.52. The Morgan fingerprint density at radius 1 is 0.527 bits per heavy atom. The van der Waals surface area contributed by atoms with Gasteiger partial charge in [0.2, 0.25) is 0 Å². The Morgan fingerprint density at radius 3 is 1.67 bits per heavy atom. The van der Waals surface area contributed by atoms with Crippen molar-refractivity contribution in [2.75, 3.05) is 0 Å². The van der Waals surface area contributed by atoms with E-state index >= 15 is 17.6 Å². The topological polar surface area (TPSA) is 66.6 Å². The lowest BCUT2D eigenvalue weighted by Gasteiger charge is -2.13. The second-order valence-electron chi connectivity index (χ2n) is 12.9. The number of halogens is 4. The fourth-order valence-electron chi connectivity index (χ4n) is 6.63. The van der Waals surface area contributed by atoms with Gasteiger partial charge in [0.05, 0.1) is 33.2 Å². The van der Waals surface area contributed by atoms with E-state index in [4.69, 9.17) is 9.72 Å². The van der Waals surface area contributed by atoms with Crippen molar-refractivity contribution in [2.45, 2.75) is 16.4 Å². The number of ether oxygens (including phenoxy) is 1. The van der Waals surface area contributed by atoms with Crippen molar-refractivity contribution < 1.29 is 22.3 Å². The molecule has 2 aliphatic heterocycles. The molecule has 0 aliphatic carbocycles. The number of aromatic amines is 2. The Hall–Kier alpha value is -6.65. The molecule has 10 heteroatoms. The first-order chi connectivity index (χ1) is 26.9. The minimum Gasteiger partial charge on any atom is -0.489 e. The zero-order chi connectivity index (χ0) is 37.5. The molecule has 0 amide bonds. The van der Waals surface area contributed by atoms with Crippen molar-refractivity contribution in [3.63, 3.8) is 0 Å². The second kappa shape index (κ2) is 14.3. The van der Waals surface area contributed by atoms with E-state index in [1.807, 2.05) is 78.9 Å². The van der Waals surface area contributed by atoms with E-state index in [1.54, 1.807) is 66.7 Å². The van der Waals surface area contributed by atoms with Gasteiger partial charge in [-0.1, -0.05) is 72.4 Å². The maximum absolute atomic E-state index is 16.1. The standard InChI is InChI=1S/C45H28F4N4OS/c46-41-40(42(47)44(49)45(43(41)48)55-33-9-5-2-6-10-33)39-36-21-15-30(52-36)23-28-13-19-34(50-28)38(35-20-14-29(51-35)24-31-16-22-37(39)53-31)27-11-17-32(18-12-27)54-25-26-7-3-1-4-8-26/h1-24,50,53H,25H2. The molecule has 0 fully saturated rings. The van der Waals surface area contributed by atoms with E-state index in [-0.39, 0.29) is 16.8 Å². The SMILES string of the molecule is Fc1c(F)c(-c2c3nc(cc4ccc([nH]4)c(-c4ccc(OCc5ccccc5)cc4)c4nc(cc5ccc2[nH]5)C=C4)C=C3)c(F)c(F)c1Sc1ccccc1. The molecule has 0 saturated heterocycles. The lowest BCUT2D eigenvalue weighted by atomic mass is 10.0. The van der Waals surface area contributed by atoms with Gasteiger partial charge in [0.25, 0.3) is 0 Å². The van der Waals surface area contributed by atoms with Gasteiger partial charge in [-0.2, -0.15) is 0 Å². The third-order valence-electron chi connectivity index (χ3n) is 9.23. The molecule has 4 aromatic carbocycles. The van der Waals surface area contributed by atoms with Gasteiger partial charge in [-0.15, -0.1) is 0 Å². The molecule has 55 heavy (non-hydrogen) atoms. The van der Waals surface area contributed by atoms with Crippen molar-refractivity contribution in [2.24, 2.45) is 0 Å². The number of benzene rings is 4. The van der Waals surface area contributed by atoms with Crippen molar-refractivity contribution in [3.8, 4) is 28.0 Å². The lowest BCUT2D eigenvalue weighted by molar-refractivity contribution is 0.306. The van der Waals surface area contributed by atoms with Gasteiger partial charge in [-0.3, -0.25) is 0 Å². The molecule has 7 aromatic rings. The predicted molar refractivity (Wildman–Crippen MR) is 211 cm³/mol. The van der Waals surface area contributed by atoms with Crippen LogP contribution < -0.4 is 4.74 Å². The molecule has 9 rings (SSSR count). The Bertz CT molecular complexity index is 2800. The predicted octanol–water partition coefficient (Wildman–Crippen LogP) is 12.3. The Morgan fingerprint density at radius 2 is 1.07 bits per heavy atom. The van der Waals surface area contributed by atoms with Crippen molar-refractivity contribution in [1.29, 1.82) is 0 Å². The van der Waals surface area contributed by atoms with E-state index < -0.39 is 33.7 Å². The van der Waals surface area contributed by atoms with Crippen LogP contribution in [0.4, 0.5) is 17.6 Å². The largest absolute Gasteiger partial charge is 0.489 e. The Labute approximate surface area is 316 Å². The maximum Gasteiger partial charge on any atom is 0.176 e. The summed E-state index contributed by atoms with van der Waals surface area (Å²) >= 11 is 0.609. The van der Waals surface area contributed by atoms with Gasteiger partial charge in [0.1, 0.15) is 12.4 Å². The molecule has 0 saturated carbocycles. The third kappa shape index (κ3) is 6.72. The normalized spacial score (nSPS) is 12.0. The smallest absolute Gasteiger partial charge is 0.176 e. The highest BCUT2D eigenvalue weighted by Gasteiger charge is 2.29. The molecule has 8 bridgehead atoms. The number of nitrogens with zero attached hydrogens (tertiary/aromatic N) is 2. The third-order valence-corrected chi connectivity index (χ3v) is 10.3. The molecule has 268 valence electrons. The number of H-pyrrole nitrogens is 2. The average Bonchev–Trinajstić information content (AvgIpc) is 4.05. The van der Waals surface area contributed by atoms with E-state index in [0.29, 0.717) is 51.4 Å². The average molecular weight is 749 g/mol. The molecular formula is C45H28F4N4OS. The summed E-state index contributed by atoms with van der Waals surface area (Å²) < 4.78 is 69.7.